The standard InChI is InChI=1S/C13H14N2O4/c1-6-4-9(15-19-6)14-12(16)10-7-2-3-8(5-7)11(10)13(17)18/h2-4,7-8,10-11H,5H2,1H3,(H,17,18)(H,14,15,16)/t7-,8-,10-,11+/m0/s1. The number of rotatable bonds is 3. The van der Waals surface area contributed by atoms with E-state index in [4.69, 9.17) is 4.52 Å². The van der Waals surface area contributed by atoms with Crippen LogP contribution < -0.4 is 5.32 Å². The second-order valence-electron chi connectivity index (χ2n) is 5.15. The maximum Gasteiger partial charge on any atom is 0.307 e. The number of nitrogens with zero attached hydrogens (tertiary/aromatic N) is 1. The number of amides is 1. The zero-order valence-electron chi connectivity index (χ0n) is 10.4. The highest BCUT2D eigenvalue weighted by atomic mass is 16.5. The fourth-order valence-electron chi connectivity index (χ4n) is 3.15. The lowest BCUT2D eigenvalue weighted by Crippen LogP contribution is -2.36. The number of fused-ring (bicyclic) bond motifs is 2. The summed E-state index contributed by atoms with van der Waals surface area (Å²) in [4.78, 5) is 23.6. The molecule has 6 nitrogen and oxygen atoms in total. The van der Waals surface area contributed by atoms with Crippen molar-refractivity contribution >= 4 is 17.7 Å². The molecule has 0 radical (unpaired) electrons. The Bertz CT molecular complexity index is 563. The Morgan fingerprint density at radius 2 is 2.05 bits per heavy atom. The molecule has 1 saturated carbocycles. The number of hydrogen-bond donors (Lipinski definition) is 2. The van der Waals surface area contributed by atoms with Gasteiger partial charge in [-0.15, -0.1) is 0 Å². The first kappa shape index (κ1) is 12.0. The molecule has 0 spiro atoms. The van der Waals surface area contributed by atoms with Gasteiger partial charge in [0.25, 0.3) is 0 Å². The van der Waals surface area contributed by atoms with E-state index in [2.05, 4.69) is 10.5 Å². The average molecular weight is 262 g/mol. The van der Waals surface area contributed by atoms with Gasteiger partial charge in [0.2, 0.25) is 5.91 Å². The number of aliphatic carboxylic acids is 1. The largest absolute Gasteiger partial charge is 0.481 e. The van der Waals surface area contributed by atoms with Gasteiger partial charge in [-0.05, 0) is 25.2 Å². The number of carbonyl (C=O) groups is 2. The van der Waals surface area contributed by atoms with Crippen LogP contribution in [0.3, 0.4) is 0 Å². The van der Waals surface area contributed by atoms with Crippen LogP contribution in [-0.4, -0.2) is 22.1 Å². The molecule has 0 unspecified atom stereocenters. The molecule has 2 aliphatic rings. The highest BCUT2D eigenvalue weighted by Crippen LogP contribution is 2.48. The fourth-order valence-corrected chi connectivity index (χ4v) is 3.15. The number of aryl methyl sites for hydroxylation is 1. The summed E-state index contributed by atoms with van der Waals surface area (Å²) in [6.07, 6.45) is 4.60. The van der Waals surface area contributed by atoms with E-state index in [9.17, 15) is 14.7 Å². The third-order valence-corrected chi connectivity index (χ3v) is 3.93. The molecule has 100 valence electrons. The summed E-state index contributed by atoms with van der Waals surface area (Å²) in [5.41, 5.74) is 0. The third kappa shape index (κ3) is 1.93. The van der Waals surface area contributed by atoms with E-state index in [1.807, 2.05) is 12.2 Å². The van der Waals surface area contributed by atoms with Crippen LogP contribution in [0.4, 0.5) is 5.82 Å². The second-order valence-corrected chi connectivity index (χ2v) is 5.15. The summed E-state index contributed by atoms with van der Waals surface area (Å²) in [5.74, 6) is -1.45. The van der Waals surface area contributed by atoms with Gasteiger partial charge in [-0.3, -0.25) is 9.59 Å². The van der Waals surface area contributed by atoms with Crippen LogP contribution in [0.5, 0.6) is 0 Å². The molecule has 2 aliphatic carbocycles. The minimum absolute atomic E-state index is 0.0131. The molecule has 1 aromatic rings. The summed E-state index contributed by atoms with van der Waals surface area (Å²) >= 11 is 0. The molecule has 2 N–H and O–H groups in total. The highest BCUT2D eigenvalue weighted by molar-refractivity contribution is 5.95. The molecule has 0 saturated heterocycles. The summed E-state index contributed by atoms with van der Waals surface area (Å²) in [5, 5.41) is 15.6. The number of carbonyl (C=O) groups excluding carboxylic acids is 1. The number of allylic oxidation sites excluding steroid dienone is 2. The number of carboxylic acids is 1. The van der Waals surface area contributed by atoms with Crippen molar-refractivity contribution in [1.82, 2.24) is 5.16 Å². The lowest BCUT2D eigenvalue weighted by atomic mass is 9.82. The zero-order chi connectivity index (χ0) is 13.6. The van der Waals surface area contributed by atoms with Crippen molar-refractivity contribution < 1.29 is 19.2 Å². The van der Waals surface area contributed by atoms with Crippen molar-refractivity contribution in [3.05, 3.63) is 24.0 Å². The first-order valence-corrected chi connectivity index (χ1v) is 6.21. The first-order chi connectivity index (χ1) is 9.06. The molecule has 1 fully saturated rings. The summed E-state index contributed by atoms with van der Waals surface area (Å²) < 4.78 is 4.87. The normalized spacial score (nSPS) is 31.6. The molecule has 1 amide bonds. The van der Waals surface area contributed by atoms with E-state index in [1.165, 1.54) is 0 Å². The van der Waals surface area contributed by atoms with E-state index in [1.54, 1.807) is 13.0 Å². The summed E-state index contributed by atoms with van der Waals surface area (Å²) in [7, 11) is 0. The molecule has 19 heavy (non-hydrogen) atoms. The minimum Gasteiger partial charge on any atom is -0.481 e. The Morgan fingerprint density at radius 3 is 2.63 bits per heavy atom. The van der Waals surface area contributed by atoms with Gasteiger partial charge in [0.1, 0.15) is 5.76 Å². The Labute approximate surface area is 109 Å². The predicted octanol–water partition coefficient (Wildman–Crippen LogP) is 1.44. The number of nitrogens with one attached hydrogen (secondary N) is 1. The van der Waals surface area contributed by atoms with Crippen LogP contribution in [0.25, 0.3) is 0 Å². The Balaban J connectivity index is 1.79. The van der Waals surface area contributed by atoms with Gasteiger partial charge in [0, 0.05) is 6.07 Å². The SMILES string of the molecule is Cc1cc(NC(=O)[C@@H]2[C@H](C(=O)O)[C@H]3C=C[C@H]2C3)no1. The fraction of sp³-hybridized carbons (Fsp3) is 0.462. The number of hydrogen-bond acceptors (Lipinski definition) is 4. The quantitative estimate of drug-likeness (QED) is 0.804. The van der Waals surface area contributed by atoms with Crippen molar-refractivity contribution in [3.63, 3.8) is 0 Å². The number of carboxylic acid groups (broad SMARTS) is 1. The van der Waals surface area contributed by atoms with Crippen molar-refractivity contribution in [2.24, 2.45) is 23.7 Å². The zero-order valence-corrected chi connectivity index (χ0v) is 10.4. The molecule has 0 aromatic carbocycles. The minimum atomic E-state index is -0.909. The van der Waals surface area contributed by atoms with Crippen molar-refractivity contribution in [3.8, 4) is 0 Å². The molecule has 3 rings (SSSR count). The van der Waals surface area contributed by atoms with Gasteiger partial charge in [-0.2, -0.15) is 0 Å². The topological polar surface area (TPSA) is 92.4 Å². The van der Waals surface area contributed by atoms with E-state index in [0.717, 1.165) is 6.42 Å². The Morgan fingerprint density at radius 1 is 1.37 bits per heavy atom. The van der Waals surface area contributed by atoms with Crippen molar-refractivity contribution in [1.29, 1.82) is 0 Å². The Kier molecular flexibility index (Phi) is 2.66. The van der Waals surface area contributed by atoms with Gasteiger partial charge in [-0.25, -0.2) is 0 Å². The maximum atomic E-state index is 12.2. The van der Waals surface area contributed by atoms with Crippen LogP contribution in [-0.2, 0) is 9.59 Å². The second kappa shape index (κ2) is 4.22. The molecule has 0 aliphatic heterocycles. The lowest BCUT2D eigenvalue weighted by molar-refractivity contribution is -0.146. The van der Waals surface area contributed by atoms with Gasteiger partial charge < -0.3 is 14.9 Å². The maximum absolute atomic E-state index is 12.2. The predicted molar refractivity (Wildman–Crippen MR) is 65.2 cm³/mol. The van der Waals surface area contributed by atoms with Crippen molar-refractivity contribution in [2.75, 3.05) is 5.32 Å². The third-order valence-electron chi connectivity index (χ3n) is 3.93. The van der Waals surface area contributed by atoms with Crippen LogP contribution in [0.15, 0.2) is 22.7 Å². The van der Waals surface area contributed by atoms with Crippen molar-refractivity contribution in [2.45, 2.75) is 13.3 Å². The molecule has 1 aromatic heterocycles. The van der Waals surface area contributed by atoms with Gasteiger partial charge in [-0.1, -0.05) is 17.3 Å². The number of aromatic nitrogens is 1. The smallest absolute Gasteiger partial charge is 0.307 e. The van der Waals surface area contributed by atoms with E-state index >= 15 is 0 Å². The highest BCUT2D eigenvalue weighted by Gasteiger charge is 2.51. The number of anilines is 1. The average Bonchev–Trinajstić information content (AvgIpc) is 3.03. The van der Waals surface area contributed by atoms with E-state index < -0.39 is 17.8 Å². The first-order valence-electron chi connectivity index (χ1n) is 6.21. The van der Waals surface area contributed by atoms with Crippen LogP contribution in [0.1, 0.15) is 12.2 Å². The van der Waals surface area contributed by atoms with Crippen LogP contribution in [0, 0.1) is 30.6 Å². The molecule has 6 heteroatoms. The van der Waals surface area contributed by atoms with Crippen LogP contribution in [0.2, 0.25) is 0 Å². The lowest BCUT2D eigenvalue weighted by Gasteiger charge is -2.23. The Hall–Kier alpha value is -2.11. The molecule has 2 bridgehead atoms. The molecular weight excluding hydrogens is 248 g/mol. The van der Waals surface area contributed by atoms with E-state index in [-0.39, 0.29) is 17.7 Å². The van der Waals surface area contributed by atoms with Gasteiger partial charge >= 0.3 is 5.97 Å². The monoisotopic (exact) mass is 262 g/mol. The molecule has 4 atom stereocenters. The van der Waals surface area contributed by atoms with Crippen LogP contribution >= 0.6 is 0 Å². The summed E-state index contributed by atoms with van der Waals surface area (Å²) in [6, 6.07) is 1.61. The van der Waals surface area contributed by atoms with Gasteiger partial charge in [0.05, 0.1) is 11.8 Å². The van der Waals surface area contributed by atoms with E-state index in [0.29, 0.717) is 11.6 Å². The summed E-state index contributed by atoms with van der Waals surface area (Å²) in [6.45, 7) is 1.73. The molecular formula is C13H14N2O4. The van der Waals surface area contributed by atoms with Gasteiger partial charge in [0.15, 0.2) is 5.82 Å². The molecule has 1 heterocycles.